The number of ether oxygens (including phenoxy) is 1. The van der Waals surface area contributed by atoms with Crippen molar-refractivity contribution in [2.75, 3.05) is 13.7 Å². The molecule has 0 aliphatic heterocycles. The summed E-state index contributed by atoms with van der Waals surface area (Å²) in [4.78, 5) is 0. The molecule has 1 heterocycles. The van der Waals surface area contributed by atoms with Crippen molar-refractivity contribution in [3.63, 3.8) is 0 Å². The second-order valence-corrected chi connectivity index (χ2v) is 6.04. The first-order valence-corrected chi connectivity index (χ1v) is 8.42. The van der Waals surface area contributed by atoms with Crippen LogP contribution in [-0.2, 0) is 13.0 Å². The molecular weight excluding hydrogens is 341 g/mol. The minimum absolute atomic E-state index is 0.166. The van der Waals surface area contributed by atoms with Gasteiger partial charge in [0.05, 0.1) is 18.7 Å². The van der Waals surface area contributed by atoms with Gasteiger partial charge in [0.15, 0.2) is 0 Å². The maximum absolute atomic E-state index is 13.6. The van der Waals surface area contributed by atoms with Gasteiger partial charge < -0.3 is 14.5 Å². The van der Waals surface area contributed by atoms with E-state index in [0.29, 0.717) is 35.8 Å². The summed E-state index contributed by atoms with van der Waals surface area (Å²) in [7, 11) is 1.58. The van der Waals surface area contributed by atoms with Gasteiger partial charge in [-0.2, -0.15) is 0 Å². The van der Waals surface area contributed by atoms with E-state index in [1.165, 1.54) is 6.07 Å². The standard InChI is InChI=1S/C20H19ClFNO2/c1-24-20-8-6-15(12-17(20)21)19-9-7-16(25-19)13-23-11-10-14-4-2-3-5-18(14)22/h2-9,12,23H,10-11,13H2,1H3. The van der Waals surface area contributed by atoms with Gasteiger partial charge in [0.2, 0.25) is 0 Å². The van der Waals surface area contributed by atoms with Crippen LogP contribution in [-0.4, -0.2) is 13.7 Å². The Labute approximate surface area is 151 Å². The van der Waals surface area contributed by atoms with Crippen LogP contribution in [0, 0.1) is 5.82 Å². The summed E-state index contributed by atoms with van der Waals surface area (Å²) < 4.78 is 24.5. The molecule has 0 spiro atoms. The number of furan rings is 1. The van der Waals surface area contributed by atoms with Crippen LogP contribution >= 0.6 is 11.6 Å². The van der Waals surface area contributed by atoms with Gasteiger partial charge in [-0.05, 0) is 54.9 Å². The molecule has 0 bridgehead atoms. The molecule has 0 atom stereocenters. The average Bonchev–Trinajstić information content (AvgIpc) is 3.09. The van der Waals surface area contributed by atoms with Gasteiger partial charge in [-0.3, -0.25) is 0 Å². The van der Waals surface area contributed by atoms with Gasteiger partial charge in [-0.1, -0.05) is 29.8 Å². The quantitative estimate of drug-likeness (QED) is 0.597. The van der Waals surface area contributed by atoms with E-state index in [1.807, 2.05) is 36.4 Å². The minimum atomic E-state index is -0.166. The monoisotopic (exact) mass is 359 g/mol. The van der Waals surface area contributed by atoms with Crippen molar-refractivity contribution in [2.24, 2.45) is 0 Å². The number of hydrogen-bond donors (Lipinski definition) is 1. The Hall–Kier alpha value is -2.30. The zero-order chi connectivity index (χ0) is 17.6. The van der Waals surface area contributed by atoms with Crippen molar-refractivity contribution in [3.8, 4) is 17.1 Å². The normalized spacial score (nSPS) is 10.8. The van der Waals surface area contributed by atoms with E-state index < -0.39 is 0 Å². The maximum Gasteiger partial charge on any atom is 0.137 e. The van der Waals surface area contributed by atoms with E-state index >= 15 is 0 Å². The first-order chi connectivity index (χ1) is 12.2. The SMILES string of the molecule is COc1ccc(-c2ccc(CNCCc3ccccc3F)o2)cc1Cl. The second kappa shape index (κ2) is 8.19. The van der Waals surface area contributed by atoms with Gasteiger partial charge in [0.25, 0.3) is 0 Å². The van der Waals surface area contributed by atoms with Crippen molar-refractivity contribution >= 4 is 11.6 Å². The van der Waals surface area contributed by atoms with Crippen molar-refractivity contribution in [2.45, 2.75) is 13.0 Å². The fourth-order valence-electron chi connectivity index (χ4n) is 2.58. The van der Waals surface area contributed by atoms with Gasteiger partial charge in [-0.25, -0.2) is 4.39 Å². The van der Waals surface area contributed by atoms with Crippen LogP contribution in [0.2, 0.25) is 5.02 Å². The van der Waals surface area contributed by atoms with Gasteiger partial charge >= 0.3 is 0 Å². The highest BCUT2D eigenvalue weighted by Crippen LogP contribution is 2.31. The average molecular weight is 360 g/mol. The minimum Gasteiger partial charge on any atom is -0.495 e. The zero-order valence-electron chi connectivity index (χ0n) is 13.9. The lowest BCUT2D eigenvalue weighted by atomic mass is 10.1. The van der Waals surface area contributed by atoms with Crippen molar-refractivity contribution in [3.05, 3.63) is 76.8 Å². The van der Waals surface area contributed by atoms with Crippen molar-refractivity contribution in [1.82, 2.24) is 5.32 Å². The first-order valence-electron chi connectivity index (χ1n) is 8.04. The van der Waals surface area contributed by atoms with Crippen molar-refractivity contribution in [1.29, 1.82) is 0 Å². The topological polar surface area (TPSA) is 34.4 Å². The van der Waals surface area contributed by atoms with E-state index in [-0.39, 0.29) is 5.82 Å². The Morgan fingerprint density at radius 1 is 1.12 bits per heavy atom. The molecule has 3 rings (SSSR count). The van der Waals surface area contributed by atoms with E-state index in [0.717, 1.165) is 17.1 Å². The van der Waals surface area contributed by atoms with Gasteiger partial charge in [0.1, 0.15) is 23.1 Å². The number of halogens is 2. The molecule has 3 aromatic rings. The van der Waals surface area contributed by atoms with Crippen LogP contribution in [0.5, 0.6) is 5.75 Å². The van der Waals surface area contributed by atoms with Crippen LogP contribution in [0.15, 0.2) is 59.0 Å². The predicted molar refractivity (Wildman–Crippen MR) is 97.5 cm³/mol. The Kier molecular flexibility index (Phi) is 5.74. The zero-order valence-corrected chi connectivity index (χ0v) is 14.6. The summed E-state index contributed by atoms with van der Waals surface area (Å²) in [6.07, 6.45) is 0.633. The molecule has 0 saturated heterocycles. The lowest BCUT2D eigenvalue weighted by Crippen LogP contribution is -2.16. The second-order valence-electron chi connectivity index (χ2n) is 5.63. The molecule has 0 fully saturated rings. The van der Waals surface area contributed by atoms with Crippen LogP contribution < -0.4 is 10.1 Å². The smallest absolute Gasteiger partial charge is 0.137 e. The van der Waals surface area contributed by atoms with Crippen LogP contribution in [0.4, 0.5) is 4.39 Å². The summed E-state index contributed by atoms with van der Waals surface area (Å²) in [5.41, 5.74) is 1.60. The Bertz CT molecular complexity index is 847. The summed E-state index contributed by atoms with van der Waals surface area (Å²) in [5.74, 6) is 2.03. The third-order valence-electron chi connectivity index (χ3n) is 3.93. The van der Waals surface area contributed by atoms with E-state index in [4.69, 9.17) is 20.8 Å². The summed E-state index contributed by atoms with van der Waals surface area (Å²) in [6, 6.07) is 16.2. The Morgan fingerprint density at radius 2 is 1.96 bits per heavy atom. The molecule has 25 heavy (non-hydrogen) atoms. The largest absolute Gasteiger partial charge is 0.495 e. The lowest BCUT2D eigenvalue weighted by Gasteiger charge is -2.05. The highest BCUT2D eigenvalue weighted by atomic mass is 35.5. The molecule has 0 radical (unpaired) electrons. The first kappa shape index (κ1) is 17.5. The summed E-state index contributed by atoms with van der Waals surface area (Å²) in [5, 5.41) is 3.81. The van der Waals surface area contributed by atoms with Crippen LogP contribution in [0.1, 0.15) is 11.3 Å². The van der Waals surface area contributed by atoms with Crippen LogP contribution in [0.25, 0.3) is 11.3 Å². The highest BCUT2D eigenvalue weighted by Gasteiger charge is 2.08. The number of rotatable bonds is 7. The molecule has 2 aromatic carbocycles. The number of methoxy groups -OCH3 is 1. The fraction of sp³-hybridized carbons (Fsp3) is 0.200. The molecule has 0 aliphatic rings. The van der Waals surface area contributed by atoms with E-state index in [2.05, 4.69) is 5.32 Å². The molecule has 3 nitrogen and oxygen atoms in total. The highest BCUT2D eigenvalue weighted by molar-refractivity contribution is 6.32. The number of nitrogens with one attached hydrogen (secondary N) is 1. The van der Waals surface area contributed by atoms with Gasteiger partial charge in [-0.15, -0.1) is 0 Å². The maximum atomic E-state index is 13.6. The molecule has 1 N–H and O–H groups in total. The summed E-state index contributed by atoms with van der Waals surface area (Å²) >= 11 is 6.15. The Morgan fingerprint density at radius 3 is 2.72 bits per heavy atom. The van der Waals surface area contributed by atoms with E-state index in [9.17, 15) is 4.39 Å². The fourth-order valence-corrected chi connectivity index (χ4v) is 2.84. The molecule has 0 saturated carbocycles. The summed E-state index contributed by atoms with van der Waals surface area (Å²) in [6.45, 7) is 1.25. The van der Waals surface area contributed by atoms with Crippen LogP contribution in [0.3, 0.4) is 0 Å². The Balaban J connectivity index is 1.55. The molecule has 0 aliphatic carbocycles. The van der Waals surface area contributed by atoms with E-state index in [1.54, 1.807) is 19.2 Å². The molecule has 1 aromatic heterocycles. The number of hydrogen-bond acceptors (Lipinski definition) is 3. The van der Waals surface area contributed by atoms with Crippen molar-refractivity contribution < 1.29 is 13.5 Å². The third-order valence-corrected chi connectivity index (χ3v) is 4.22. The molecule has 0 amide bonds. The predicted octanol–water partition coefficient (Wildman–Crippen LogP) is 5.08. The lowest BCUT2D eigenvalue weighted by molar-refractivity contribution is 0.415. The van der Waals surface area contributed by atoms with Gasteiger partial charge in [0, 0.05) is 5.56 Å². The molecule has 5 heteroatoms. The molecular formula is C20H19ClFNO2. The molecule has 130 valence electrons. The third kappa shape index (κ3) is 4.41. The molecule has 0 unspecified atom stereocenters. The number of benzene rings is 2.